The van der Waals surface area contributed by atoms with Crippen LogP contribution in [0.3, 0.4) is 0 Å². The van der Waals surface area contributed by atoms with Crippen LogP contribution < -0.4 is 5.32 Å². The fourth-order valence-corrected chi connectivity index (χ4v) is 5.59. The smallest absolute Gasteiger partial charge is 0.206 e. The highest BCUT2D eigenvalue weighted by molar-refractivity contribution is 7.91. The predicted octanol–water partition coefficient (Wildman–Crippen LogP) is 4.65. The first-order valence-corrected chi connectivity index (χ1v) is 10.9. The lowest BCUT2D eigenvalue weighted by atomic mass is 10.0. The minimum absolute atomic E-state index is 0.104. The summed E-state index contributed by atoms with van der Waals surface area (Å²) in [6, 6.07) is 11.1. The molecule has 134 valence electrons. The van der Waals surface area contributed by atoms with E-state index in [2.05, 4.69) is 15.3 Å². The van der Waals surface area contributed by atoms with Crippen LogP contribution >= 0.6 is 22.9 Å². The molecule has 0 atom stereocenters. The van der Waals surface area contributed by atoms with Gasteiger partial charge in [0, 0.05) is 10.9 Å². The lowest BCUT2D eigenvalue weighted by molar-refractivity contribution is 0.596. The van der Waals surface area contributed by atoms with Crippen molar-refractivity contribution >= 4 is 43.7 Å². The molecule has 3 aromatic rings. The van der Waals surface area contributed by atoms with Gasteiger partial charge in [0.1, 0.15) is 11.0 Å². The van der Waals surface area contributed by atoms with Gasteiger partial charge in [-0.25, -0.2) is 18.4 Å². The minimum atomic E-state index is -3.66. The van der Waals surface area contributed by atoms with Crippen molar-refractivity contribution < 1.29 is 8.42 Å². The Morgan fingerprint density at radius 2 is 1.77 bits per heavy atom. The molecule has 5 nitrogen and oxygen atoms in total. The van der Waals surface area contributed by atoms with E-state index >= 15 is 0 Å². The topological polar surface area (TPSA) is 72.0 Å². The Bertz CT molecular complexity index is 1030. The van der Waals surface area contributed by atoms with E-state index in [4.69, 9.17) is 11.6 Å². The Morgan fingerprint density at radius 3 is 2.54 bits per heavy atom. The second-order valence-corrected chi connectivity index (χ2v) is 9.47. The van der Waals surface area contributed by atoms with Gasteiger partial charge in [-0.2, -0.15) is 0 Å². The molecule has 2 heterocycles. The van der Waals surface area contributed by atoms with Gasteiger partial charge in [0.05, 0.1) is 15.5 Å². The maximum Gasteiger partial charge on any atom is 0.206 e. The number of halogens is 1. The number of nitrogens with zero attached hydrogens (tertiary/aromatic N) is 2. The molecule has 0 fully saturated rings. The molecule has 8 heteroatoms. The second kappa shape index (κ2) is 6.98. The first-order valence-electron chi connectivity index (χ1n) is 8.26. The number of aryl methyl sites for hydroxylation is 2. The molecule has 26 heavy (non-hydrogen) atoms. The molecule has 4 rings (SSSR count). The summed E-state index contributed by atoms with van der Waals surface area (Å²) >= 11 is 7.67. The maximum atomic E-state index is 12.8. The molecule has 0 radical (unpaired) electrons. The number of hydrogen-bond acceptors (Lipinski definition) is 6. The fourth-order valence-electron chi connectivity index (χ4n) is 2.94. The molecular weight excluding hydrogens is 390 g/mol. The zero-order chi connectivity index (χ0) is 18.1. The Balaban J connectivity index is 1.67. The van der Waals surface area contributed by atoms with Gasteiger partial charge in [-0.3, -0.25) is 0 Å². The van der Waals surface area contributed by atoms with E-state index < -0.39 is 9.84 Å². The van der Waals surface area contributed by atoms with Gasteiger partial charge in [0.25, 0.3) is 0 Å². The van der Waals surface area contributed by atoms with Crippen LogP contribution in [0.25, 0.3) is 0 Å². The van der Waals surface area contributed by atoms with Gasteiger partial charge >= 0.3 is 0 Å². The first-order chi connectivity index (χ1) is 12.5. The van der Waals surface area contributed by atoms with Crippen molar-refractivity contribution in [3.05, 3.63) is 58.2 Å². The molecule has 0 unspecified atom stereocenters. The number of sulfone groups is 1. The lowest BCUT2D eigenvalue weighted by Crippen LogP contribution is -2.04. The van der Waals surface area contributed by atoms with E-state index in [1.807, 2.05) is 0 Å². The third kappa shape index (κ3) is 3.47. The number of benzene rings is 1. The lowest BCUT2D eigenvalue weighted by Gasteiger charge is -2.08. The second-order valence-electron chi connectivity index (χ2n) is 6.05. The third-order valence-electron chi connectivity index (χ3n) is 4.21. The Hall–Kier alpha value is -1.96. The summed E-state index contributed by atoms with van der Waals surface area (Å²) in [5.74, 6) is 0.373. The largest absolute Gasteiger partial charge is 0.316 e. The van der Waals surface area contributed by atoms with E-state index in [-0.39, 0.29) is 14.9 Å². The van der Waals surface area contributed by atoms with E-state index in [0.717, 1.165) is 30.1 Å². The van der Waals surface area contributed by atoms with Crippen LogP contribution in [0.1, 0.15) is 23.4 Å². The molecule has 0 aliphatic heterocycles. The predicted molar refractivity (Wildman–Crippen MR) is 103 cm³/mol. The number of anilines is 2. The van der Waals surface area contributed by atoms with Crippen molar-refractivity contribution in [1.82, 2.24) is 9.97 Å². The van der Waals surface area contributed by atoms with Crippen molar-refractivity contribution in [2.24, 2.45) is 0 Å². The van der Waals surface area contributed by atoms with Gasteiger partial charge in [0.15, 0.2) is 5.13 Å². The average Bonchev–Trinajstić information content (AvgIpc) is 3.04. The minimum Gasteiger partial charge on any atom is -0.316 e. The van der Waals surface area contributed by atoms with Crippen molar-refractivity contribution in [3.8, 4) is 0 Å². The number of pyridine rings is 1. The summed E-state index contributed by atoms with van der Waals surface area (Å²) in [6.07, 6.45) is 4.38. The number of fused-ring (bicyclic) bond motifs is 1. The van der Waals surface area contributed by atoms with E-state index in [1.54, 1.807) is 41.7 Å². The van der Waals surface area contributed by atoms with Crippen LogP contribution in [0.2, 0.25) is 5.15 Å². The summed E-state index contributed by atoms with van der Waals surface area (Å²) < 4.78 is 25.6. The van der Waals surface area contributed by atoms with E-state index in [1.165, 1.54) is 23.4 Å². The highest BCUT2D eigenvalue weighted by Crippen LogP contribution is 2.32. The molecule has 0 saturated heterocycles. The van der Waals surface area contributed by atoms with E-state index in [0.29, 0.717) is 5.82 Å². The molecule has 1 aliphatic rings. The zero-order valence-electron chi connectivity index (χ0n) is 13.8. The van der Waals surface area contributed by atoms with Crippen molar-refractivity contribution in [2.75, 3.05) is 5.32 Å². The molecule has 0 amide bonds. The number of thiazole rings is 1. The van der Waals surface area contributed by atoms with Crippen LogP contribution in [0.5, 0.6) is 0 Å². The molecule has 1 N–H and O–H groups in total. The van der Waals surface area contributed by atoms with Crippen LogP contribution in [-0.2, 0) is 22.7 Å². The molecule has 0 saturated carbocycles. The molecular formula is C18H16ClN3O2S2. The number of nitrogens with one attached hydrogen (secondary N) is 1. The van der Waals surface area contributed by atoms with Crippen LogP contribution in [0, 0.1) is 0 Å². The average molecular weight is 406 g/mol. The zero-order valence-corrected chi connectivity index (χ0v) is 16.2. The Kier molecular flexibility index (Phi) is 4.69. The maximum absolute atomic E-state index is 12.8. The van der Waals surface area contributed by atoms with Gasteiger partial charge < -0.3 is 5.32 Å². The number of hydrogen-bond donors (Lipinski definition) is 1. The van der Waals surface area contributed by atoms with Gasteiger partial charge in [-0.1, -0.05) is 29.8 Å². The summed E-state index contributed by atoms with van der Waals surface area (Å²) in [6.45, 7) is 0. The molecule has 0 spiro atoms. The SMILES string of the molecule is O=S(=O)(c1ccccc1)c1cc(Cl)nc(Nc2nc3c(s2)CCCC3)c1. The van der Waals surface area contributed by atoms with Crippen molar-refractivity contribution in [3.63, 3.8) is 0 Å². The van der Waals surface area contributed by atoms with Gasteiger partial charge in [-0.05, 0) is 43.9 Å². The van der Waals surface area contributed by atoms with Gasteiger partial charge in [0.2, 0.25) is 9.84 Å². The fraction of sp³-hybridized carbons (Fsp3) is 0.222. The summed E-state index contributed by atoms with van der Waals surface area (Å²) in [5.41, 5.74) is 1.13. The van der Waals surface area contributed by atoms with Crippen LogP contribution in [0.4, 0.5) is 10.9 Å². The van der Waals surface area contributed by atoms with E-state index in [9.17, 15) is 8.42 Å². The molecule has 2 aromatic heterocycles. The normalized spacial score (nSPS) is 14.0. The Labute approximate surface area is 161 Å². The molecule has 0 bridgehead atoms. The van der Waals surface area contributed by atoms with Crippen LogP contribution in [0.15, 0.2) is 52.3 Å². The van der Waals surface area contributed by atoms with Gasteiger partial charge in [-0.15, -0.1) is 11.3 Å². The summed E-state index contributed by atoms with van der Waals surface area (Å²) in [5, 5.41) is 3.95. The standard InChI is InChI=1S/C18H16ClN3O2S2/c19-16-10-13(26(23,24)12-6-2-1-3-7-12)11-17(21-16)22-18-20-14-8-4-5-9-15(14)25-18/h1-3,6-7,10-11H,4-5,8-9H2,(H,20,21,22). The summed E-state index contributed by atoms with van der Waals surface area (Å²) in [7, 11) is -3.66. The quantitative estimate of drug-likeness (QED) is 0.640. The molecule has 1 aromatic carbocycles. The van der Waals surface area contributed by atoms with Crippen molar-refractivity contribution in [1.29, 1.82) is 0 Å². The third-order valence-corrected chi connectivity index (χ3v) is 7.23. The molecule has 1 aliphatic carbocycles. The highest BCUT2D eigenvalue weighted by atomic mass is 35.5. The highest BCUT2D eigenvalue weighted by Gasteiger charge is 2.20. The Morgan fingerprint density at radius 1 is 1.00 bits per heavy atom. The summed E-state index contributed by atoms with van der Waals surface area (Å²) in [4.78, 5) is 10.4. The first kappa shape index (κ1) is 17.5. The number of aromatic nitrogens is 2. The monoisotopic (exact) mass is 405 g/mol. The van der Waals surface area contributed by atoms with Crippen molar-refractivity contribution in [2.45, 2.75) is 35.5 Å². The van der Waals surface area contributed by atoms with Crippen LogP contribution in [-0.4, -0.2) is 18.4 Å². The number of rotatable bonds is 4.